The number of fused-ring (bicyclic) bond motifs is 1. The van der Waals surface area contributed by atoms with E-state index in [0.717, 1.165) is 16.3 Å². The Labute approximate surface area is 131 Å². The van der Waals surface area contributed by atoms with Crippen molar-refractivity contribution in [3.8, 4) is 0 Å². The Morgan fingerprint density at radius 2 is 1.82 bits per heavy atom. The highest BCUT2D eigenvalue weighted by molar-refractivity contribution is 5.86. The standard InChI is InChI=1S/C18H24N2O2/c1-18(2,3)20-17(22)19-12-11-16(21)15-10-6-8-13-7-4-5-9-14(13)15/h4-10,16,21H,11-12H2,1-3H3,(H2,19,20,22). The van der Waals surface area contributed by atoms with Crippen LogP contribution in [0.25, 0.3) is 10.8 Å². The van der Waals surface area contributed by atoms with Gasteiger partial charge in [-0.2, -0.15) is 0 Å². The Morgan fingerprint density at radius 1 is 1.14 bits per heavy atom. The molecule has 4 heteroatoms. The monoisotopic (exact) mass is 300 g/mol. The van der Waals surface area contributed by atoms with Crippen LogP contribution in [0.2, 0.25) is 0 Å². The lowest BCUT2D eigenvalue weighted by molar-refractivity contribution is 0.168. The SMILES string of the molecule is CC(C)(C)NC(=O)NCCC(O)c1cccc2ccccc12. The summed E-state index contributed by atoms with van der Waals surface area (Å²) in [5.74, 6) is 0. The number of aliphatic hydroxyl groups excluding tert-OH is 1. The van der Waals surface area contributed by atoms with Gasteiger partial charge in [-0.3, -0.25) is 0 Å². The molecular formula is C18H24N2O2. The molecule has 0 aromatic heterocycles. The van der Waals surface area contributed by atoms with Gasteiger partial charge in [0.2, 0.25) is 0 Å². The van der Waals surface area contributed by atoms with E-state index in [2.05, 4.69) is 10.6 Å². The predicted molar refractivity (Wildman–Crippen MR) is 89.8 cm³/mol. The first kappa shape index (κ1) is 16.3. The number of nitrogens with one attached hydrogen (secondary N) is 2. The average molecular weight is 300 g/mol. The molecule has 0 saturated heterocycles. The normalized spacial score (nSPS) is 12.9. The largest absolute Gasteiger partial charge is 0.388 e. The van der Waals surface area contributed by atoms with Crippen LogP contribution in [0.3, 0.4) is 0 Å². The van der Waals surface area contributed by atoms with E-state index >= 15 is 0 Å². The van der Waals surface area contributed by atoms with Gasteiger partial charge in [0.25, 0.3) is 0 Å². The van der Waals surface area contributed by atoms with E-state index in [4.69, 9.17) is 0 Å². The molecule has 0 aliphatic rings. The molecule has 2 rings (SSSR count). The van der Waals surface area contributed by atoms with Gasteiger partial charge in [-0.1, -0.05) is 42.5 Å². The quantitative estimate of drug-likeness (QED) is 0.811. The molecule has 0 aliphatic heterocycles. The number of rotatable bonds is 4. The van der Waals surface area contributed by atoms with Crippen LogP contribution in [-0.2, 0) is 0 Å². The lowest BCUT2D eigenvalue weighted by Gasteiger charge is -2.21. The molecule has 0 spiro atoms. The summed E-state index contributed by atoms with van der Waals surface area (Å²) in [5.41, 5.74) is 0.634. The number of amides is 2. The van der Waals surface area contributed by atoms with Crippen molar-refractivity contribution in [1.82, 2.24) is 10.6 Å². The lowest BCUT2D eigenvalue weighted by atomic mass is 9.99. The maximum Gasteiger partial charge on any atom is 0.315 e. The van der Waals surface area contributed by atoms with Gasteiger partial charge in [0.05, 0.1) is 6.10 Å². The molecule has 0 radical (unpaired) electrons. The molecule has 4 nitrogen and oxygen atoms in total. The number of hydrogen-bond acceptors (Lipinski definition) is 2. The third kappa shape index (κ3) is 4.46. The molecule has 1 atom stereocenters. The fraction of sp³-hybridized carbons (Fsp3) is 0.389. The highest BCUT2D eigenvalue weighted by Gasteiger charge is 2.14. The van der Waals surface area contributed by atoms with Gasteiger partial charge in [0.1, 0.15) is 0 Å². The van der Waals surface area contributed by atoms with Crippen molar-refractivity contribution >= 4 is 16.8 Å². The van der Waals surface area contributed by atoms with E-state index in [9.17, 15) is 9.90 Å². The third-order valence-electron chi connectivity index (χ3n) is 3.37. The highest BCUT2D eigenvalue weighted by Crippen LogP contribution is 2.25. The van der Waals surface area contributed by atoms with Gasteiger partial charge < -0.3 is 15.7 Å². The van der Waals surface area contributed by atoms with Crippen molar-refractivity contribution in [3.05, 3.63) is 48.0 Å². The van der Waals surface area contributed by atoms with E-state index in [1.807, 2.05) is 63.2 Å². The second-order valence-electron chi connectivity index (χ2n) is 6.50. The van der Waals surface area contributed by atoms with E-state index in [1.54, 1.807) is 0 Å². The zero-order valence-corrected chi connectivity index (χ0v) is 13.4. The maximum absolute atomic E-state index is 11.7. The zero-order valence-electron chi connectivity index (χ0n) is 13.4. The second-order valence-corrected chi connectivity index (χ2v) is 6.50. The van der Waals surface area contributed by atoms with Gasteiger partial charge in [-0.25, -0.2) is 4.79 Å². The summed E-state index contributed by atoms with van der Waals surface area (Å²) in [6.45, 7) is 6.21. The number of carbonyl (C=O) groups excluding carboxylic acids is 1. The topological polar surface area (TPSA) is 61.4 Å². The summed E-state index contributed by atoms with van der Waals surface area (Å²) in [5, 5.41) is 18.2. The van der Waals surface area contributed by atoms with Gasteiger partial charge >= 0.3 is 6.03 Å². The van der Waals surface area contributed by atoms with Crippen molar-refractivity contribution < 1.29 is 9.90 Å². The van der Waals surface area contributed by atoms with Crippen LogP contribution in [0.4, 0.5) is 4.79 Å². The van der Waals surface area contributed by atoms with Crippen LogP contribution in [0.15, 0.2) is 42.5 Å². The fourth-order valence-corrected chi connectivity index (χ4v) is 2.40. The molecule has 118 valence electrons. The Hall–Kier alpha value is -2.07. The van der Waals surface area contributed by atoms with E-state index in [-0.39, 0.29) is 11.6 Å². The fourth-order valence-electron chi connectivity index (χ4n) is 2.40. The Balaban J connectivity index is 1.95. The van der Waals surface area contributed by atoms with Crippen LogP contribution >= 0.6 is 0 Å². The second kappa shape index (κ2) is 6.79. The molecular weight excluding hydrogens is 276 g/mol. The number of benzene rings is 2. The van der Waals surface area contributed by atoms with Crippen LogP contribution in [-0.4, -0.2) is 23.2 Å². The smallest absolute Gasteiger partial charge is 0.315 e. The van der Waals surface area contributed by atoms with Crippen LogP contribution < -0.4 is 10.6 Å². The summed E-state index contributed by atoms with van der Waals surface area (Å²) >= 11 is 0. The molecule has 3 N–H and O–H groups in total. The molecule has 0 bridgehead atoms. The van der Waals surface area contributed by atoms with Gasteiger partial charge in [-0.15, -0.1) is 0 Å². The summed E-state index contributed by atoms with van der Waals surface area (Å²) in [4.78, 5) is 11.7. The number of aliphatic hydroxyl groups is 1. The van der Waals surface area contributed by atoms with Crippen molar-refractivity contribution in [2.75, 3.05) is 6.54 Å². The van der Waals surface area contributed by atoms with E-state index < -0.39 is 6.10 Å². The molecule has 2 amide bonds. The summed E-state index contributed by atoms with van der Waals surface area (Å²) < 4.78 is 0. The van der Waals surface area contributed by atoms with Crippen molar-refractivity contribution in [3.63, 3.8) is 0 Å². The first-order chi connectivity index (χ1) is 10.4. The van der Waals surface area contributed by atoms with Gasteiger partial charge in [0, 0.05) is 12.1 Å². The molecule has 0 fully saturated rings. The van der Waals surface area contributed by atoms with Gasteiger partial charge in [-0.05, 0) is 43.5 Å². The molecule has 2 aromatic carbocycles. The number of carbonyl (C=O) groups is 1. The Morgan fingerprint density at radius 3 is 2.55 bits per heavy atom. The van der Waals surface area contributed by atoms with Crippen molar-refractivity contribution in [2.45, 2.75) is 38.8 Å². The third-order valence-corrected chi connectivity index (χ3v) is 3.37. The Bertz CT molecular complexity index is 642. The predicted octanol–water partition coefficient (Wildman–Crippen LogP) is 3.36. The maximum atomic E-state index is 11.7. The van der Waals surface area contributed by atoms with Gasteiger partial charge in [0.15, 0.2) is 0 Å². The minimum Gasteiger partial charge on any atom is -0.388 e. The zero-order chi connectivity index (χ0) is 16.2. The molecule has 22 heavy (non-hydrogen) atoms. The summed E-state index contributed by atoms with van der Waals surface area (Å²) in [6.07, 6.45) is -0.119. The molecule has 0 aliphatic carbocycles. The molecule has 0 saturated carbocycles. The van der Waals surface area contributed by atoms with Crippen molar-refractivity contribution in [1.29, 1.82) is 0 Å². The van der Waals surface area contributed by atoms with Crippen LogP contribution in [0, 0.1) is 0 Å². The first-order valence-electron chi connectivity index (χ1n) is 7.58. The first-order valence-corrected chi connectivity index (χ1v) is 7.58. The van der Waals surface area contributed by atoms with E-state index in [1.165, 1.54) is 0 Å². The minimum atomic E-state index is -0.596. The lowest BCUT2D eigenvalue weighted by Crippen LogP contribution is -2.46. The molecule has 2 aromatic rings. The Kier molecular flexibility index (Phi) is 5.03. The highest BCUT2D eigenvalue weighted by atomic mass is 16.3. The van der Waals surface area contributed by atoms with E-state index in [0.29, 0.717) is 13.0 Å². The van der Waals surface area contributed by atoms with Crippen LogP contribution in [0.5, 0.6) is 0 Å². The average Bonchev–Trinajstić information content (AvgIpc) is 2.44. The number of hydrogen-bond donors (Lipinski definition) is 3. The van der Waals surface area contributed by atoms with Crippen LogP contribution in [0.1, 0.15) is 38.9 Å². The number of urea groups is 1. The molecule has 0 heterocycles. The molecule has 1 unspecified atom stereocenters. The summed E-state index contributed by atoms with van der Waals surface area (Å²) in [6, 6.07) is 13.7. The summed E-state index contributed by atoms with van der Waals surface area (Å²) in [7, 11) is 0. The minimum absolute atomic E-state index is 0.211. The van der Waals surface area contributed by atoms with Crippen molar-refractivity contribution in [2.24, 2.45) is 0 Å².